The quantitative estimate of drug-likeness (QED) is 0.709. The van der Waals surface area contributed by atoms with E-state index in [1.54, 1.807) is 13.2 Å². The van der Waals surface area contributed by atoms with Gasteiger partial charge in [0.25, 0.3) is 0 Å². The third-order valence-corrected chi connectivity index (χ3v) is 1.88. The molecule has 0 saturated heterocycles. The van der Waals surface area contributed by atoms with Crippen molar-refractivity contribution < 1.29 is 4.74 Å². The highest BCUT2D eigenvalue weighted by Crippen LogP contribution is 2.20. The van der Waals surface area contributed by atoms with E-state index in [4.69, 9.17) is 10.00 Å². The fraction of sp³-hybridized carbons (Fsp3) is 0.111. The lowest BCUT2D eigenvalue weighted by Crippen LogP contribution is -1.81. The molecule has 1 heterocycles. The molecule has 0 amide bonds. The Kier molecular flexibility index (Phi) is 1.64. The topological polar surface area (TPSA) is 61.7 Å². The second-order valence-electron chi connectivity index (χ2n) is 2.60. The molecule has 0 spiro atoms. The van der Waals surface area contributed by atoms with Gasteiger partial charge in [-0.1, -0.05) is 0 Å². The van der Waals surface area contributed by atoms with Gasteiger partial charge in [-0.3, -0.25) is 5.10 Å². The van der Waals surface area contributed by atoms with Crippen LogP contribution in [0.4, 0.5) is 0 Å². The summed E-state index contributed by atoms with van der Waals surface area (Å²) >= 11 is 0. The number of hydrogen-bond acceptors (Lipinski definition) is 3. The van der Waals surface area contributed by atoms with Crippen molar-refractivity contribution >= 4 is 10.9 Å². The summed E-state index contributed by atoms with van der Waals surface area (Å²) in [6.07, 6.45) is 0. The molecule has 2 rings (SSSR count). The summed E-state index contributed by atoms with van der Waals surface area (Å²) in [5.74, 6) is 0.751. The number of methoxy groups -OCH3 is 1. The highest BCUT2D eigenvalue weighted by Gasteiger charge is 2.04. The van der Waals surface area contributed by atoms with Crippen molar-refractivity contribution in [2.45, 2.75) is 0 Å². The number of nitrogens with one attached hydrogen (secondary N) is 1. The first-order valence-corrected chi connectivity index (χ1v) is 3.77. The van der Waals surface area contributed by atoms with E-state index in [0.717, 1.165) is 16.7 Å². The van der Waals surface area contributed by atoms with Gasteiger partial charge in [-0.05, 0) is 12.1 Å². The van der Waals surface area contributed by atoms with E-state index in [2.05, 4.69) is 10.2 Å². The molecule has 0 aliphatic rings. The van der Waals surface area contributed by atoms with Crippen molar-refractivity contribution in [2.24, 2.45) is 0 Å². The lowest BCUT2D eigenvalue weighted by Gasteiger charge is -1.97. The summed E-state index contributed by atoms with van der Waals surface area (Å²) in [5.41, 5.74) is 1.23. The number of rotatable bonds is 1. The molecule has 1 aromatic carbocycles. The normalized spacial score (nSPS) is 9.85. The summed E-state index contributed by atoms with van der Waals surface area (Å²) in [6, 6.07) is 7.43. The number of ether oxygens (including phenoxy) is 1. The number of nitrogens with zero attached hydrogens (tertiary/aromatic N) is 2. The second kappa shape index (κ2) is 2.79. The number of hydrogen-bond donors (Lipinski definition) is 1. The van der Waals surface area contributed by atoms with Gasteiger partial charge in [0.15, 0.2) is 5.69 Å². The summed E-state index contributed by atoms with van der Waals surface area (Å²) < 4.78 is 5.03. The Labute approximate surface area is 74.7 Å². The third kappa shape index (κ3) is 1.11. The molecule has 0 bridgehead atoms. The Morgan fingerprint density at radius 1 is 1.54 bits per heavy atom. The first-order chi connectivity index (χ1) is 6.35. The highest BCUT2D eigenvalue weighted by atomic mass is 16.5. The van der Waals surface area contributed by atoms with E-state index in [1.807, 2.05) is 18.2 Å². The van der Waals surface area contributed by atoms with Crippen LogP contribution in [0.15, 0.2) is 18.2 Å². The van der Waals surface area contributed by atoms with E-state index in [-0.39, 0.29) is 0 Å². The van der Waals surface area contributed by atoms with Crippen LogP contribution in [0.5, 0.6) is 5.75 Å². The predicted octanol–water partition coefficient (Wildman–Crippen LogP) is 1.44. The molecule has 64 valence electrons. The van der Waals surface area contributed by atoms with Crippen LogP contribution in [0.2, 0.25) is 0 Å². The highest BCUT2D eigenvalue weighted by molar-refractivity contribution is 5.84. The Morgan fingerprint density at radius 3 is 3.08 bits per heavy atom. The lowest BCUT2D eigenvalue weighted by molar-refractivity contribution is 0.415. The summed E-state index contributed by atoms with van der Waals surface area (Å²) in [5, 5.41) is 16.1. The smallest absolute Gasteiger partial charge is 0.170 e. The van der Waals surface area contributed by atoms with Gasteiger partial charge >= 0.3 is 0 Å². The molecule has 1 aromatic heterocycles. The molecule has 0 radical (unpaired) electrons. The molecular formula is C9H7N3O. The minimum Gasteiger partial charge on any atom is -0.497 e. The lowest BCUT2D eigenvalue weighted by atomic mass is 10.2. The van der Waals surface area contributed by atoms with Crippen molar-refractivity contribution in [3.05, 3.63) is 23.9 Å². The van der Waals surface area contributed by atoms with Crippen LogP contribution in [0.25, 0.3) is 10.9 Å². The first-order valence-electron chi connectivity index (χ1n) is 3.77. The molecule has 4 nitrogen and oxygen atoms in total. The zero-order valence-corrected chi connectivity index (χ0v) is 7.03. The second-order valence-corrected chi connectivity index (χ2v) is 2.60. The molecule has 0 aliphatic heterocycles. The number of fused-ring (bicyclic) bond motifs is 1. The van der Waals surface area contributed by atoms with Crippen molar-refractivity contribution in [2.75, 3.05) is 7.11 Å². The van der Waals surface area contributed by atoms with Crippen LogP contribution in [0.1, 0.15) is 5.69 Å². The zero-order chi connectivity index (χ0) is 9.26. The Bertz CT molecular complexity index is 481. The standard InChI is InChI=1S/C9H7N3O/c1-13-6-2-3-7-8(4-6)11-12-9(7)5-10/h2-4H,1H3,(H,11,12). The fourth-order valence-corrected chi connectivity index (χ4v) is 1.21. The number of H-pyrrole nitrogens is 1. The van der Waals surface area contributed by atoms with Crippen molar-refractivity contribution in [1.29, 1.82) is 5.26 Å². The van der Waals surface area contributed by atoms with Crippen LogP contribution >= 0.6 is 0 Å². The maximum Gasteiger partial charge on any atom is 0.170 e. The Hall–Kier alpha value is -2.02. The summed E-state index contributed by atoms with van der Waals surface area (Å²) in [7, 11) is 1.60. The zero-order valence-electron chi connectivity index (χ0n) is 7.03. The minimum absolute atomic E-state index is 0.414. The van der Waals surface area contributed by atoms with Crippen LogP contribution in [0, 0.1) is 11.3 Å². The molecule has 0 aliphatic carbocycles. The Morgan fingerprint density at radius 2 is 2.38 bits per heavy atom. The summed E-state index contributed by atoms with van der Waals surface area (Å²) in [4.78, 5) is 0. The van der Waals surface area contributed by atoms with Crippen molar-refractivity contribution in [3.63, 3.8) is 0 Å². The van der Waals surface area contributed by atoms with Gasteiger partial charge < -0.3 is 4.74 Å². The SMILES string of the molecule is COc1ccc2c(C#N)n[nH]c2c1. The monoisotopic (exact) mass is 173 g/mol. The van der Waals surface area contributed by atoms with Crippen LogP contribution in [0.3, 0.4) is 0 Å². The van der Waals surface area contributed by atoms with Crippen molar-refractivity contribution in [3.8, 4) is 11.8 Å². The number of benzene rings is 1. The molecule has 4 heteroatoms. The molecular weight excluding hydrogens is 166 g/mol. The van der Waals surface area contributed by atoms with Gasteiger partial charge in [-0.25, -0.2) is 0 Å². The predicted molar refractivity (Wildman–Crippen MR) is 47.4 cm³/mol. The summed E-state index contributed by atoms with van der Waals surface area (Å²) in [6.45, 7) is 0. The average Bonchev–Trinajstić information content (AvgIpc) is 2.59. The maximum atomic E-state index is 8.69. The van der Waals surface area contributed by atoms with E-state index in [9.17, 15) is 0 Å². The van der Waals surface area contributed by atoms with Gasteiger partial charge in [0.05, 0.1) is 12.6 Å². The Balaban J connectivity index is 2.70. The van der Waals surface area contributed by atoms with E-state index >= 15 is 0 Å². The van der Waals surface area contributed by atoms with E-state index in [0.29, 0.717) is 5.69 Å². The van der Waals surface area contributed by atoms with E-state index < -0.39 is 0 Å². The van der Waals surface area contributed by atoms with Gasteiger partial charge in [-0.15, -0.1) is 0 Å². The van der Waals surface area contributed by atoms with Crippen molar-refractivity contribution in [1.82, 2.24) is 10.2 Å². The van der Waals surface area contributed by atoms with Gasteiger partial charge in [-0.2, -0.15) is 10.4 Å². The molecule has 13 heavy (non-hydrogen) atoms. The molecule has 0 saturated carbocycles. The van der Waals surface area contributed by atoms with Crippen LogP contribution < -0.4 is 4.74 Å². The number of nitriles is 1. The van der Waals surface area contributed by atoms with Crippen LogP contribution in [-0.4, -0.2) is 17.3 Å². The van der Waals surface area contributed by atoms with Gasteiger partial charge in [0.1, 0.15) is 11.8 Å². The molecule has 1 N–H and O–H groups in total. The first kappa shape index (κ1) is 7.62. The minimum atomic E-state index is 0.414. The molecule has 0 fully saturated rings. The van der Waals surface area contributed by atoms with Crippen LogP contribution in [-0.2, 0) is 0 Å². The third-order valence-electron chi connectivity index (χ3n) is 1.88. The number of aromatic nitrogens is 2. The van der Waals surface area contributed by atoms with Gasteiger partial charge in [0, 0.05) is 11.5 Å². The number of aromatic amines is 1. The van der Waals surface area contributed by atoms with E-state index in [1.165, 1.54) is 0 Å². The average molecular weight is 173 g/mol. The maximum absolute atomic E-state index is 8.69. The fourth-order valence-electron chi connectivity index (χ4n) is 1.21. The largest absolute Gasteiger partial charge is 0.497 e. The molecule has 0 atom stereocenters. The molecule has 0 unspecified atom stereocenters. The molecule has 2 aromatic rings. The van der Waals surface area contributed by atoms with Gasteiger partial charge in [0.2, 0.25) is 0 Å².